The normalized spacial score (nSPS) is 11.9. The van der Waals surface area contributed by atoms with Gasteiger partial charge in [-0.05, 0) is 59.7 Å². The van der Waals surface area contributed by atoms with E-state index in [1.165, 1.54) is 38.6 Å². The molecule has 3 heterocycles. The van der Waals surface area contributed by atoms with Crippen molar-refractivity contribution in [2.45, 2.75) is 0 Å². The lowest BCUT2D eigenvalue weighted by Crippen LogP contribution is -1.97. The Morgan fingerprint density at radius 2 is 0.904 bits per heavy atom. The van der Waals surface area contributed by atoms with Crippen molar-refractivity contribution >= 4 is 65.4 Å². The SMILES string of the molecule is Fc1ccccc1-c1ccccc1-c1cccc2c3ccccc3n(-c3cccc4c3[nH]c3ccc(-n5c6ccccc6c6ccccc65)cc34)c12. The maximum Gasteiger partial charge on any atom is 0.131 e. The molecule has 4 heteroatoms. The third kappa shape index (κ3) is 4.06. The molecule has 0 aliphatic heterocycles. The number of hydrogen-bond donors (Lipinski definition) is 1. The number of hydrogen-bond acceptors (Lipinski definition) is 0. The second kappa shape index (κ2) is 11.0. The molecule has 3 aromatic heterocycles. The number of fused-ring (bicyclic) bond motifs is 9. The van der Waals surface area contributed by atoms with Gasteiger partial charge in [-0.15, -0.1) is 0 Å². The van der Waals surface area contributed by atoms with Gasteiger partial charge in [-0.2, -0.15) is 0 Å². The fourth-order valence-corrected chi connectivity index (χ4v) is 8.54. The van der Waals surface area contributed by atoms with Crippen LogP contribution in [0.25, 0.3) is 99.0 Å². The monoisotopic (exact) mass is 667 g/mol. The Morgan fingerprint density at radius 3 is 1.62 bits per heavy atom. The molecule has 11 rings (SSSR count). The highest BCUT2D eigenvalue weighted by molar-refractivity contribution is 6.17. The van der Waals surface area contributed by atoms with Crippen molar-refractivity contribution in [3.05, 3.63) is 182 Å². The van der Waals surface area contributed by atoms with Gasteiger partial charge in [0, 0.05) is 54.6 Å². The zero-order valence-electron chi connectivity index (χ0n) is 28.0. The highest BCUT2D eigenvalue weighted by atomic mass is 19.1. The topological polar surface area (TPSA) is 25.6 Å². The zero-order valence-corrected chi connectivity index (χ0v) is 28.0. The van der Waals surface area contributed by atoms with Gasteiger partial charge in [0.2, 0.25) is 0 Å². The number of benzene rings is 8. The van der Waals surface area contributed by atoms with E-state index < -0.39 is 0 Å². The summed E-state index contributed by atoms with van der Waals surface area (Å²) < 4.78 is 20.1. The lowest BCUT2D eigenvalue weighted by Gasteiger charge is -2.15. The highest BCUT2D eigenvalue weighted by Gasteiger charge is 2.21. The Kier molecular flexibility index (Phi) is 6.13. The zero-order chi connectivity index (χ0) is 34.3. The largest absolute Gasteiger partial charge is 0.353 e. The number of halogens is 1. The summed E-state index contributed by atoms with van der Waals surface area (Å²) in [5.41, 5.74) is 12.4. The number of H-pyrrole nitrogens is 1. The van der Waals surface area contributed by atoms with Crippen molar-refractivity contribution < 1.29 is 4.39 Å². The molecule has 0 fully saturated rings. The summed E-state index contributed by atoms with van der Waals surface area (Å²) in [5, 5.41) is 7.14. The molecule has 0 bridgehead atoms. The number of aromatic amines is 1. The molecular formula is C48H30FN3. The molecule has 0 amide bonds. The highest BCUT2D eigenvalue weighted by Crippen LogP contribution is 2.43. The molecule has 0 radical (unpaired) electrons. The van der Waals surface area contributed by atoms with Gasteiger partial charge in [-0.3, -0.25) is 0 Å². The second-order valence-electron chi connectivity index (χ2n) is 13.5. The Labute approximate surface area is 298 Å². The number of nitrogens with zero attached hydrogens (tertiary/aromatic N) is 2. The van der Waals surface area contributed by atoms with Crippen LogP contribution in [-0.4, -0.2) is 14.1 Å². The van der Waals surface area contributed by atoms with Crippen LogP contribution >= 0.6 is 0 Å². The fraction of sp³-hybridized carbons (Fsp3) is 0. The molecule has 0 atom stereocenters. The molecule has 8 aromatic carbocycles. The van der Waals surface area contributed by atoms with Crippen LogP contribution in [0, 0.1) is 5.82 Å². The van der Waals surface area contributed by atoms with Crippen molar-refractivity contribution in [2.24, 2.45) is 0 Å². The number of rotatable bonds is 4. The Balaban J connectivity index is 1.19. The molecule has 1 N–H and O–H groups in total. The third-order valence-corrected chi connectivity index (χ3v) is 10.8. The minimum absolute atomic E-state index is 0.231. The molecule has 0 aliphatic carbocycles. The third-order valence-electron chi connectivity index (χ3n) is 10.8. The van der Waals surface area contributed by atoms with Crippen LogP contribution in [0.2, 0.25) is 0 Å². The van der Waals surface area contributed by atoms with Gasteiger partial charge < -0.3 is 14.1 Å². The molecular weight excluding hydrogens is 638 g/mol. The van der Waals surface area contributed by atoms with Gasteiger partial charge in [0.25, 0.3) is 0 Å². The molecule has 11 aromatic rings. The summed E-state index contributed by atoms with van der Waals surface area (Å²) in [6.07, 6.45) is 0. The minimum Gasteiger partial charge on any atom is -0.353 e. The van der Waals surface area contributed by atoms with Crippen LogP contribution in [-0.2, 0) is 0 Å². The molecule has 0 unspecified atom stereocenters. The van der Waals surface area contributed by atoms with Crippen molar-refractivity contribution in [1.82, 2.24) is 14.1 Å². The summed E-state index contributed by atoms with van der Waals surface area (Å²) in [5.74, 6) is -0.231. The molecule has 3 nitrogen and oxygen atoms in total. The first-order chi connectivity index (χ1) is 25.7. The number of aromatic nitrogens is 3. The summed E-state index contributed by atoms with van der Waals surface area (Å²) in [4.78, 5) is 3.84. The Morgan fingerprint density at radius 1 is 0.385 bits per heavy atom. The first-order valence-corrected chi connectivity index (χ1v) is 17.6. The molecule has 0 saturated carbocycles. The maximum absolute atomic E-state index is 15.3. The average molecular weight is 668 g/mol. The number of nitrogens with one attached hydrogen (secondary N) is 1. The fourth-order valence-electron chi connectivity index (χ4n) is 8.54. The van der Waals surface area contributed by atoms with Crippen molar-refractivity contribution in [1.29, 1.82) is 0 Å². The van der Waals surface area contributed by atoms with Gasteiger partial charge in [-0.1, -0.05) is 127 Å². The first-order valence-electron chi connectivity index (χ1n) is 17.6. The maximum atomic E-state index is 15.3. The number of para-hydroxylation sites is 5. The predicted molar refractivity (Wildman–Crippen MR) is 215 cm³/mol. The lowest BCUT2D eigenvalue weighted by molar-refractivity contribution is 0.631. The van der Waals surface area contributed by atoms with E-state index in [1.807, 2.05) is 30.3 Å². The van der Waals surface area contributed by atoms with Crippen molar-refractivity contribution in [2.75, 3.05) is 0 Å². The van der Waals surface area contributed by atoms with Crippen LogP contribution < -0.4 is 0 Å². The van der Waals surface area contributed by atoms with E-state index in [2.05, 4.69) is 148 Å². The van der Waals surface area contributed by atoms with E-state index in [0.29, 0.717) is 5.56 Å². The van der Waals surface area contributed by atoms with Gasteiger partial charge in [-0.25, -0.2) is 4.39 Å². The lowest BCUT2D eigenvalue weighted by atomic mass is 9.93. The molecule has 244 valence electrons. The molecule has 0 saturated heterocycles. The van der Waals surface area contributed by atoms with Crippen molar-refractivity contribution in [3.8, 4) is 33.6 Å². The Hall–Kier alpha value is -6.91. The smallest absolute Gasteiger partial charge is 0.131 e. The average Bonchev–Trinajstić information content (AvgIpc) is 3.86. The molecule has 0 aliphatic rings. The standard InChI is InChI=1S/C48H30FN3/c49-41-22-7-3-15-33(41)31-13-1-2-14-32(31)38-20-11-21-39-36-18-6-10-25-45(36)52(48(38)39)46-26-12-19-37-40-29-30(27-28-42(40)50-47(37)46)51-43-23-8-4-16-34(43)35-17-5-9-24-44(35)51/h1-29,50H. The van der Waals surface area contributed by atoms with Crippen molar-refractivity contribution in [3.63, 3.8) is 0 Å². The van der Waals surface area contributed by atoms with Gasteiger partial charge in [0.05, 0.1) is 33.3 Å². The first kappa shape index (κ1) is 28.9. The quantitative estimate of drug-likeness (QED) is 0.193. The molecule has 52 heavy (non-hydrogen) atoms. The van der Waals surface area contributed by atoms with Crippen LogP contribution in [0.5, 0.6) is 0 Å². The van der Waals surface area contributed by atoms with Crippen LogP contribution in [0.3, 0.4) is 0 Å². The summed E-state index contributed by atoms with van der Waals surface area (Å²) >= 11 is 0. The summed E-state index contributed by atoms with van der Waals surface area (Å²) in [7, 11) is 0. The minimum atomic E-state index is -0.231. The van der Waals surface area contributed by atoms with E-state index in [1.54, 1.807) is 6.07 Å². The summed E-state index contributed by atoms with van der Waals surface area (Å²) in [6.45, 7) is 0. The van der Waals surface area contributed by atoms with Crippen LogP contribution in [0.1, 0.15) is 0 Å². The second-order valence-corrected chi connectivity index (χ2v) is 13.5. The van der Waals surface area contributed by atoms with E-state index >= 15 is 4.39 Å². The summed E-state index contributed by atoms with van der Waals surface area (Å²) in [6, 6.07) is 60.9. The van der Waals surface area contributed by atoms with Gasteiger partial charge in [0.1, 0.15) is 5.82 Å². The van der Waals surface area contributed by atoms with E-state index in [0.717, 1.165) is 60.9 Å². The van der Waals surface area contributed by atoms with E-state index in [9.17, 15) is 0 Å². The van der Waals surface area contributed by atoms with Gasteiger partial charge >= 0.3 is 0 Å². The molecule has 0 spiro atoms. The van der Waals surface area contributed by atoms with Crippen LogP contribution in [0.4, 0.5) is 4.39 Å². The Bertz CT molecular complexity index is 3160. The van der Waals surface area contributed by atoms with Gasteiger partial charge in [0.15, 0.2) is 0 Å². The van der Waals surface area contributed by atoms with Crippen LogP contribution in [0.15, 0.2) is 176 Å². The van der Waals surface area contributed by atoms with E-state index in [-0.39, 0.29) is 5.82 Å². The van der Waals surface area contributed by atoms with E-state index in [4.69, 9.17) is 0 Å². The predicted octanol–water partition coefficient (Wildman–Crippen LogP) is 13.0.